The number of benzene rings is 1. The van der Waals surface area contributed by atoms with Gasteiger partial charge in [-0.25, -0.2) is 4.79 Å². The van der Waals surface area contributed by atoms with Crippen LogP contribution in [0.25, 0.3) is 0 Å². The molecule has 1 aliphatic rings. The Balaban J connectivity index is 1.54. The molecule has 2 heterocycles. The number of thiophene rings is 1. The van der Waals surface area contributed by atoms with Crippen LogP contribution in [0.3, 0.4) is 0 Å². The molecule has 2 aromatic rings. The summed E-state index contributed by atoms with van der Waals surface area (Å²) in [7, 11) is 0. The molecule has 1 amide bonds. The Hall–Kier alpha value is -1.85. The molecule has 0 saturated carbocycles. The average molecular weight is 331 g/mol. The van der Waals surface area contributed by atoms with Crippen LogP contribution in [0, 0.1) is 0 Å². The molecule has 0 spiro atoms. The summed E-state index contributed by atoms with van der Waals surface area (Å²) in [6, 6.07) is 13.6. The molecule has 2 unspecified atom stereocenters. The third-order valence-corrected chi connectivity index (χ3v) is 5.16. The van der Waals surface area contributed by atoms with E-state index in [0.717, 1.165) is 23.3 Å². The molecule has 2 atom stereocenters. The minimum absolute atomic E-state index is 0.0513. The van der Waals surface area contributed by atoms with Crippen molar-refractivity contribution in [2.75, 3.05) is 6.54 Å². The highest BCUT2D eigenvalue weighted by molar-refractivity contribution is 7.10. The predicted molar refractivity (Wildman–Crippen MR) is 90.3 cm³/mol. The third kappa shape index (κ3) is 4.12. The van der Waals surface area contributed by atoms with Gasteiger partial charge in [-0.2, -0.15) is 0 Å². The number of carbonyl (C=O) groups is 1. The first-order valence-electron chi connectivity index (χ1n) is 7.93. The molecule has 1 fully saturated rings. The van der Waals surface area contributed by atoms with Crippen molar-refractivity contribution in [3.8, 4) is 0 Å². The van der Waals surface area contributed by atoms with Gasteiger partial charge in [-0.05, 0) is 36.3 Å². The predicted octanol–water partition coefficient (Wildman–Crippen LogP) is 3.97. The second-order valence-corrected chi connectivity index (χ2v) is 6.78. The van der Waals surface area contributed by atoms with Crippen LogP contribution in [0.5, 0.6) is 0 Å². The number of hydrogen-bond acceptors (Lipinski definition) is 4. The van der Waals surface area contributed by atoms with Crippen LogP contribution >= 0.6 is 11.3 Å². The van der Waals surface area contributed by atoms with Crippen LogP contribution in [0.1, 0.15) is 35.8 Å². The van der Waals surface area contributed by atoms with Crippen molar-refractivity contribution >= 4 is 17.4 Å². The van der Waals surface area contributed by atoms with E-state index >= 15 is 0 Å². The monoisotopic (exact) mass is 331 g/mol. The zero-order valence-electron chi connectivity index (χ0n) is 12.9. The smallest absolute Gasteiger partial charge is 0.410 e. The van der Waals surface area contributed by atoms with E-state index in [9.17, 15) is 9.90 Å². The summed E-state index contributed by atoms with van der Waals surface area (Å²) in [6.45, 7) is 0.992. The topological polar surface area (TPSA) is 49.8 Å². The van der Waals surface area contributed by atoms with E-state index in [1.807, 2.05) is 47.8 Å². The summed E-state index contributed by atoms with van der Waals surface area (Å²) in [4.78, 5) is 15.0. The number of aliphatic hydroxyl groups is 1. The van der Waals surface area contributed by atoms with Crippen LogP contribution in [0.2, 0.25) is 0 Å². The van der Waals surface area contributed by atoms with Gasteiger partial charge in [0.1, 0.15) is 6.61 Å². The minimum Gasteiger partial charge on any atom is -0.445 e. The molecule has 3 rings (SSSR count). The Bertz CT molecular complexity index is 614. The van der Waals surface area contributed by atoms with Crippen LogP contribution in [0.15, 0.2) is 47.8 Å². The van der Waals surface area contributed by atoms with Crippen LogP contribution < -0.4 is 0 Å². The molecular weight excluding hydrogens is 310 g/mol. The van der Waals surface area contributed by atoms with Gasteiger partial charge in [0, 0.05) is 17.5 Å². The standard InChI is InChI=1S/C18H21NO3S/c20-16(17-9-5-11-23-17)12-15-8-4-10-19(15)18(21)22-13-14-6-2-1-3-7-14/h1-3,5-7,9,11,15-16,20H,4,8,10,12-13H2. The van der Waals surface area contributed by atoms with Crippen molar-refractivity contribution in [1.29, 1.82) is 0 Å². The zero-order chi connectivity index (χ0) is 16.1. The van der Waals surface area contributed by atoms with Gasteiger partial charge in [0.2, 0.25) is 0 Å². The number of rotatable bonds is 5. The van der Waals surface area contributed by atoms with Crippen LogP contribution in [0.4, 0.5) is 4.79 Å². The van der Waals surface area contributed by atoms with E-state index in [0.29, 0.717) is 13.0 Å². The lowest BCUT2D eigenvalue weighted by molar-refractivity contribution is 0.0769. The number of amides is 1. The molecule has 1 aromatic heterocycles. The first-order chi connectivity index (χ1) is 11.2. The minimum atomic E-state index is -0.512. The number of hydrogen-bond donors (Lipinski definition) is 1. The maximum absolute atomic E-state index is 12.3. The van der Waals surface area contributed by atoms with Crippen molar-refractivity contribution in [2.24, 2.45) is 0 Å². The number of nitrogens with zero attached hydrogens (tertiary/aromatic N) is 1. The van der Waals surface area contributed by atoms with Crippen molar-refractivity contribution in [2.45, 2.75) is 38.0 Å². The Morgan fingerprint density at radius 1 is 1.30 bits per heavy atom. The largest absolute Gasteiger partial charge is 0.445 e. The van der Waals surface area contributed by atoms with E-state index < -0.39 is 6.10 Å². The lowest BCUT2D eigenvalue weighted by Gasteiger charge is -2.25. The fourth-order valence-electron chi connectivity index (χ4n) is 2.98. The van der Waals surface area contributed by atoms with Gasteiger partial charge in [-0.3, -0.25) is 0 Å². The SMILES string of the molecule is O=C(OCc1ccccc1)N1CCCC1CC(O)c1cccs1. The maximum atomic E-state index is 12.3. The summed E-state index contributed by atoms with van der Waals surface area (Å²) < 4.78 is 5.42. The highest BCUT2D eigenvalue weighted by Crippen LogP contribution is 2.29. The Labute approximate surface area is 140 Å². The lowest BCUT2D eigenvalue weighted by atomic mass is 10.1. The molecular formula is C18H21NO3S. The fraction of sp³-hybridized carbons (Fsp3) is 0.389. The zero-order valence-corrected chi connectivity index (χ0v) is 13.7. The van der Waals surface area contributed by atoms with E-state index in [-0.39, 0.29) is 18.7 Å². The van der Waals surface area contributed by atoms with Gasteiger partial charge < -0.3 is 14.7 Å². The highest BCUT2D eigenvalue weighted by Gasteiger charge is 2.31. The number of carbonyl (C=O) groups excluding carboxylic acids is 1. The molecule has 1 aliphatic heterocycles. The Kier molecular flexibility index (Phi) is 5.31. The average Bonchev–Trinajstić information content (AvgIpc) is 3.25. The molecule has 23 heavy (non-hydrogen) atoms. The van der Waals surface area contributed by atoms with Crippen molar-refractivity contribution in [3.63, 3.8) is 0 Å². The van der Waals surface area contributed by atoms with Gasteiger partial charge in [-0.15, -0.1) is 11.3 Å². The fourth-order valence-corrected chi connectivity index (χ4v) is 3.70. The second-order valence-electron chi connectivity index (χ2n) is 5.80. The van der Waals surface area contributed by atoms with Gasteiger partial charge in [0.25, 0.3) is 0 Å². The first kappa shape index (κ1) is 16.0. The molecule has 0 bridgehead atoms. The summed E-state index contributed by atoms with van der Waals surface area (Å²) in [5, 5.41) is 12.3. The normalized spacial score (nSPS) is 18.8. The maximum Gasteiger partial charge on any atom is 0.410 e. The Morgan fingerprint density at radius 2 is 2.13 bits per heavy atom. The highest BCUT2D eigenvalue weighted by atomic mass is 32.1. The van der Waals surface area contributed by atoms with Crippen molar-refractivity contribution < 1.29 is 14.6 Å². The van der Waals surface area contributed by atoms with Crippen molar-refractivity contribution in [1.82, 2.24) is 4.90 Å². The van der Waals surface area contributed by atoms with E-state index in [2.05, 4.69) is 0 Å². The van der Waals surface area contributed by atoms with Gasteiger partial charge in [0.05, 0.1) is 6.10 Å². The molecule has 4 nitrogen and oxygen atoms in total. The van der Waals surface area contributed by atoms with E-state index in [1.165, 1.54) is 0 Å². The lowest BCUT2D eigenvalue weighted by Crippen LogP contribution is -2.36. The number of ether oxygens (including phenoxy) is 1. The summed E-state index contributed by atoms with van der Waals surface area (Å²) in [5.74, 6) is 0. The number of aliphatic hydroxyl groups excluding tert-OH is 1. The van der Waals surface area contributed by atoms with Gasteiger partial charge >= 0.3 is 6.09 Å². The molecule has 1 N–H and O–H groups in total. The van der Waals surface area contributed by atoms with Crippen LogP contribution in [-0.2, 0) is 11.3 Å². The van der Waals surface area contributed by atoms with Gasteiger partial charge in [0.15, 0.2) is 0 Å². The number of likely N-dealkylation sites (tertiary alicyclic amines) is 1. The molecule has 122 valence electrons. The summed E-state index contributed by atoms with van der Waals surface area (Å²) >= 11 is 1.55. The second kappa shape index (κ2) is 7.62. The van der Waals surface area contributed by atoms with Gasteiger partial charge in [-0.1, -0.05) is 36.4 Å². The summed E-state index contributed by atoms with van der Waals surface area (Å²) in [5.41, 5.74) is 0.982. The first-order valence-corrected chi connectivity index (χ1v) is 8.81. The van der Waals surface area contributed by atoms with Crippen molar-refractivity contribution in [3.05, 3.63) is 58.3 Å². The molecule has 0 aliphatic carbocycles. The van der Waals surface area contributed by atoms with E-state index in [4.69, 9.17) is 4.74 Å². The quantitative estimate of drug-likeness (QED) is 0.902. The third-order valence-electron chi connectivity index (χ3n) is 4.18. The molecule has 0 radical (unpaired) electrons. The van der Waals surface area contributed by atoms with E-state index in [1.54, 1.807) is 16.2 Å². The molecule has 1 aromatic carbocycles. The molecule has 5 heteroatoms. The van der Waals surface area contributed by atoms with Crippen LogP contribution in [-0.4, -0.2) is 28.7 Å². The Morgan fingerprint density at radius 3 is 2.87 bits per heavy atom. The summed E-state index contributed by atoms with van der Waals surface area (Å²) in [6.07, 6.45) is 1.66. The molecule has 1 saturated heterocycles.